The molecule has 8 atom stereocenters. The third kappa shape index (κ3) is 30.2. The first kappa shape index (κ1) is 64.0. The third-order valence-corrected chi connectivity index (χ3v) is 11.8. The fourth-order valence-electron chi connectivity index (χ4n) is 5.71. The van der Waals surface area contributed by atoms with Gasteiger partial charge in [-0.25, -0.2) is 4.79 Å². The van der Waals surface area contributed by atoms with Crippen LogP contribution in [0.25, 0.3) is 0 Å². The number of nitrogens with zero attached hydrogens (tertiary/aromatic N) is 4. The molecule has 0 aromatic rings. The normalized spacial score (nSPS) is 14.0. The largest absolute Gasteiger partial charge is 0.480 e. The van der Waals surface area contributed by atoms with Crippen molar-refractivity contribution >= 4 is 98.7 Å². The molecular weight excluding hydrogens is 977 g/mol. The van der Waals surface area contributed by atoms with Crippen molar-refractivity contribution < 1.29 is 53.4 Å². The summed E-state index contributed by atoms with van der Waals surface area (Å²) in [6, 6.07) is -10.5. The second kappa shape index (κ2) is 35.1. The van der Waals surface area contributed by atoms with Crippen molar-refractivity contribution in [2.24, 2.45) is 71.6 Å². The molecule has 7 amide bonds. The first-order chi connectivity index (χ1) is 33.2. The number of carbonyl (C=O) groups is 9. The Kier molecular flexibility index (Phi) is 31.6. The van der Waals surface area contributed by atoms with Gasteiger partial charge in [0, 0.05) is 44.6 Å². The molecule has 0 saturated heterocycles. The molecule has 31 nitrogen and oxygen atoms in total. The maximum absolute atomic E-state index is 14.1. The van der Waals surface area contributed by atoms with Crippen LogP contribution in [0.5, 0.6) is 0 Å². The van der Waals surface area contributed by atoms with Gasteiger partial charge in [0.15, 0.2) is 23.8 Å². The number of guanidine groups is 4. The molecule has 0 rings (SSSR count). The van der Waals surface area contributed by atoms with E-state index >= 15 is 0 Å². The number of rotatable bonds is 36. The molecule has 27 N–H and O–H groups in total. The average molecular weight is 1050 g/mol. The minimum absolute atomic E-state index is 0.00176. The number of aliphatic imine (C=N–C) groups is 4. The summed E-state index contributed by atoms with van der Waals surface area (Å²) in [6.07, 6.45) is 0.165. The van der Waals surface area contributed by atoms with Crippen LogP contribution in [0.2, 0.25) is 0 Å². The van der Waals surface area contributed by atoms with Crippen molar-refractivity contribution in [3.63, 3.8) is 0 Å². The van der Waals surface area contributed by atoms with Crippen LogP contribution in [0.15, 0.2) is 20.0 Å². The monoisotopic (exact) mass is 1050 g/mol. The number of hydrogen-bond acceptors (Lipinski definition) is 16. The number of hydrogen-bond donors (Lipinski definition) is 18. The summed E-state index contributed by atoms with van der Waals surface area (Å²) < 4.78 is 0. The van der Waals surface area contributed by atoms with Gasteiger partial charge in [-0.3, -0.25) is 58.3 Å². The van der Waals surface area contributed by atoms with Gasteiger partial charge in [-0.15, -0.1) is 0 Å². The zero-order chi connectivity index (χ0) is 54.2. The fraction of sp³-hybridized carbons (Fsp3) is 0.658. The van der Waals surface area contributed by atoms with E-state index in [-0.39, 0.29) is 113 Å². The molecule has 0 aliphatic heterocycles. The zero-order valence-corrected chi connectivity index (χ0v) is 41.5. The fourth-order valence-corrected chi connectivity index (χ4v) is 7.99. The van der Waals surface area contributed by atoms with Crippen LogP contribution in [0.4, 0.5) is 0 Å². The van der Waals surface area contributed by atoms with Crippen molar-refractivity contribution in [3.8, 4) is 0 Å². The SMILES string of the molecule is CC(=O)N[C@H](CSSC[C@H](N)C(=O)O)C(=O)N[C@H](C)C(=O)N[C@H](CCCN=C(N)N)C(=O)N[C@H](CCCN=C(N)N)C(=O)N[C@H](CCCN=C(N)N)C(=O)N[C@H](C)C(=O)N[C@H](CCCN=C(N)N)C(=O)O. The molecule has 0 unspecified atom stereocenters. The van der Waals surface area contributed by atoms with E-state index in [2.05, 4.69) is 57.2 Å². The van der Waals surface area contributed by atoms with Gasteiger partial charge in [0.25, 0.3) is 0 Å². The van der Waals surface area contributed by atoms with Gasteiger partial charge >= 0.3 is 11.9 Å². The van der Waals surface area contributed by atoms with Crippen molar-refractivity contribution in [1.82, 2.24) is 37.2 Å². The molecule has 0 bridgehead atoms. The van der Waals surface area contributed by atoms with Gasteiger partial charge in [-0.2, -0.15) is 0 Å². The quantitative estimate of drug-likeness (QED) is 0.0120. The van der Waals surface area contributed by atoms with Crippen molar-refractivity contribution in [2.45, 2.75) is 120 Å². The summed E-state index contributed by atoms with van der Waals surface area (Å²) in [6.45, 7) is 3.91. The highest BCUT2D eigenvalue weighted by Crippen LogP contribution is 2.23. The third-order valence-electron chi connectivity index (χ3n) is 9.38. The van der Waals surface area contributed by atoms with E-state index in [1.54, 1.807) is 0 Å². The minimum atomic E-state index is -1.42. The van der Waals surface area contributed by atoms with E-state index < -0.39 is 102 Å². The van der Waals surface area contributed by atoms with E-state index in [1.807, 2.05) is 0 Å². The summed E-state index contributed by atoms with van der Waals surface area (Å²) in [5.41, 5.74) is 48.9. The number of aliphatic carboxylic acids is 2. The lowest BCUT2D eigenvalue weighted by Gasteiger charge is -2.27. The maximum atomic E-state index is 14.1. The van der Waals surface area contributed by atoms with E-state index in [0.717, 1.165) is 21.6 Å². The van der Waals surface area contributed by atoms with E-state index in [1.165, 1.54) is 20.8 Å². The van der Waals surface area contributed by atoms with Crippen LogP contribution in [0.1, 0.15) is 72.1 Å². The molecule has 402 valence electrons. The first-order valence-corrected chi connectivity index (χ1v) is 24.5. The van der Waals surface area contributed by atoms with Gasteiger partial charge in [0.2, 0.25) is 41.4 Å². The van der Waals surface area contributed by atoms with Gasteiger partial charge in [0.05, 0.1) is 0 Å². The van der Waals surface area contributed by atoms with Crippen LogP contribution in [-0.2, 0) is 43.2 Å². The second-order valence-electron chi connectivity index (χ2n) is 15.6. The Morgan fingerprint density at radius 3 is 1.04 bits per heavy atom. The summed E-state index contributed by atoms with van der Waals surface area (Å²) in [4.78, 5) is 132. The molecule has 0 fully saturated rings. The van der Waals surface area contributed by atoms with E-state index in [4.69, 9.17) is 56.7 Å². The number of nitrogens with two attached hydrogens (primary N) is 9. The molecule has 0 aromatic carbocycles. The lowest BCUT2D eigenvalue weighted by atomic mass is 10.0. The Labute approximate surface area is 417 Å². The molecule has 0 aliphatic rings. The lowest BCUT2D eigenvalue weighted by Crippen LogP contribution is -2.59. The summed E-state index contributed by atoms with van der Waals surface area (Å²) in [5, 5.41) is 36.1. The summed E-state index contributed by atoms with van der Waals surface area (Å²) in [5.74, 6) is -9.30. The van der Waals surface area contributed by atoms with Crippen LogP contribution in [-0.4, -0.2) is 173 Å². The number of carbonyl (C=O) groups excluding carboxylic acids is 7. The molecule has 71 heavy (non-hydrogen) atoms. The molecule has 0 saturated carbocycles. The van der Waals surface area contributed by atoms with Crippen LogP contribution >= 0.6 is 21.6 Å². The van der Waals surface area contributed by atoms with Crippen molar-refractivity contribution in [2.75, 3.05) is 37.7 Å². The molecule has 0 spiro atoms. The van der Waals surface area contributed by atoms with Gasteiger partial charge < -0.3 is 99.0 Å². The van der Waals surface area contributed by atoms with Gasteiger partial charge in [-0.1, -0.05) is 21.6 Å². The zero-order valence-electron chi connectivity index (χ0n) is 39.9. The summed E-state index contributed by atoms with van der Waals surface area (Å²) in [7, 11) is 2.12. The van der Waals surface area contributed by atoms with E-state index in [9.17, 15) is 48.3 Å². The highest BCUT2D eigenvalue weighted by Gasteiger charge is 2.32. The van der Waals surface area contributed by atoms with Crippen LogP contribution < -0.4 is 88.8 Å². The minimum Gasteiger partial charge on any atom is -0.480 e. The predicted molar refractivity (Wildman–Crippen MR) is 268 cm³/mol. The molecule has 0 aromatic heterocycles. The van der Waals surface area contributed by atoms with Crippen molar-refractivity contribution in [1.29, 1.82) is 0 Å². The number of nitrogens with one attached hydrogen (secondary N) is 7. The van der Waals surface area contributed by atoms with Gasteiger partial charge in [-0.05, 0) is 65.2 Å². The van der Waals surface area contributed by atoms with Gasteiger partial charge in [0.1, 0.15) is 48.3 Å². The Morgan fingerprint density at radius 1 is 0.423 bits per heavy atom. The van der Waals surface area contributed by atoms with Crippen molar-refractivity contribution in [3.05, 3.63) is 0 Å². The lowest BCUT2D eigenvalue weighted by molar-refractivity contribution is -0.142. The second-order valence-corrected chi connectivity index (χ2v) is 18.2. The highest BCUT2D eigenvalue weighted by atomic mass is 33.1. The Balaban J connectivity index is 6.54. The van der Waals surface area contributed by atoms with E-state index in [0.29, 0.717) is 0 Å². The summed E-state index contributed by atoms with van der Waals surface area (Å²) >= 11 is 0. The number of carboxylic acids is 2. The highest BCUT2D eigenvalue weighted by molar-refractivity contribution is 8.76. The Morgan fingerprint density at radius 2 is 0.718 bits per heavy atom. The Bertz CT molecular complexity index is 1910. The number of amides is 7. The molecule has 0 heterocycles. The van der Waals surface area contributed by atoms with Crippen LogP contribution in [0, 0.1) is 0 Å². The molecule has 0 aliphatic carbocycles. The average Bonchev–Trinajstić information content (AvgIpc) is 3.27. The standard InChI is InChI=1S/C38H72N20O11S2/c1-18(53-32(65)26(54-20(3)59)17-71-70-16-21(39)33(66)67)27(60)55-23(9-5-13-49-36(42)43)30(63)57-24(10-6-14-50-37(44)45)31(64)56-22(8-4-12-48-35(40)41)29(62)52-19(2)28(61)58-25(34(68)69)11-7-15-51-38(46)47/h18-19,21-26H,4-17,39H2,1-3H3,(H,52,62)(H,53,65)(H,54,59)(H,55,60)(H,56,64)(H,57,63)(H,58,61)(H,66,67)(H,68,69)(H4,40,41,48)(H4,42,43,49)(H4,44,45,50)(H4,46,47,51)/t18-,19-,21+,22-,23-,24-,25-,26-/m1/s1. The molecule has 0 radical (unpaired) electrons. The topological polar surface area (TPSA) is 562 Å². The smallest absolute Gasteiger partial charge is 0.326 e. The predicted octanol–water partition coefficient (Wildman–Crippen LogP) is -7.47. The molecular formula is C38H72N20O11S2. The Hall–Kier alpha value is -7.03. The first-order valence-electron chi connectivity index (χ1n) is 22.0. The maximum Gasteiger partial charge on any atom is 0.326 e. The number of carboxylic acid groups (broad SMARTS) is 2. The van der Waals surface area contributed by atoms with Crippen LogP contribution in [0.3, 0.4) is 0 Å². The molecule has 33 heteroatoms.